The third-order valence-corrected chi connectivity index (χ3v) is 7.77. The van der Waals surface area contributed by atoms with E-state index in [1.807, 2.05) is 30.3 Å². The van der Waals surface area contributed by atoms with Crippen molar-refractivity contribution in [2.24, 2.45) is 0 Å². The Morgan fingerprint density at radius 3 is 2.44 bits per heavy atom. The summed E-state index contributed by atoms with van der Waals surface area (Å²) in [5.41, 5.74) is 2.91. The van der Waals surface area contributed by atoms with Crippen LogP contribution in [0.4, 0.5) is 5.69 Å². The van der Waals surface area contributed by atoms with Crippen LogP contribution in [-0.2, 0) is 11.2 Å². The second-order valence-corrected chi connectivity index (χ2v) is 10.4. The monoisotopic (exact) mass is 516 g/mol. The number of hydrogen-bond donors (Lipinski definition) is 1. The van der Waals surface area contributed by atoms with Gasteiger partial charge in [-0.1, -0.05) is 65.3 Å². The first-order chi connectivity index (χ1) is 16.3. The molecule has 1 fully saturated rings. The van der Waals surface area contributed by atoms with Crippen LogP contribution >= 0.6 is 35.0 Å². The number of carbonyl (C=O) groups is 1. The Balaban J connectivity index is 1.37. The van der Waals surface area contributed by atoms with Crippen LogP contribution in [0, 0.1) is 6.92 Å². The Morgan fingerprint density at radius 1 is 1.09 bits per heavy atom. The quantitative estimate of drug-likeness (QED) is 0.363. The summed E-state index contributed by atoms with van der Waals surface area (Å²) in [6, 6.07) is 15.6. The second kappa shape index (κ2) is 10.8. The number of aryl methyl sites for hydroxylation is 1. The van der Waals surface area contributed by atoms with E-state index in [1.54, 1.807) is 17.9 Å². The number of rotatable bonds is 6. The van der Waals surface area contributed by atoms with E-state index in [9.17, 15) is 9.59 Å². The average molecular weight is 517 g/mol. The van der Waals surface area contributed by atoms with Crippen LogP contribution in [0.2, 0.25) is 10.0 Å². The van der Waals surface area contributed by atoms with Crippen molar-refractivity contribution in [1.29, 1.82) is 0 Å². The van der Waals surface area contributed by atoms with E-state index in [4.69, 9.17) is 23.2 Å². The van der Waals surface area contributed by atoms with Crippen molar-refractivity contribution in [2.75, 3.05) is 31.1 Å². The topological polar surface area (TPSA) is 69.3 Å². The van der Waals surface area contributed by atoms with Crippen molar-refractivity contribution in [2.45, 2.75) is 30.7 Å². The maximum Gasteiger partial charge on any atom is 0.255 e. The smallest absolute Gasteiger partial charge is 0.255 e. The Labute approximate surface area is 213 Å². The van der Waals surface area contributed by atoms with Gasteiger partial charge in [0.2, 0.25) is 5.91 Å². The highest BCUT2D eigenvalue weighted by Crippen LogP contribution is 2.32. The van der Waals surface area contributed by atoms with E-state index in [-0.39, 0.29) is 23.1 Å². The SMILES string of the molecule is Cc1nc(SC(C)c2ccccc2)[nH]c(=O)c1CC(=O)N1CCN(c2ccc(Cl)c(Cl)c2)CC1. The molecule has 1 unspecified atom stereocenters. The highest BCUT2D eigenvalue weighted by molar-refractivity contribution is 7.99. The molecule has 34 heavy (non-hydrogen) atoms. The third kappa shape index (κ3) is 5.77. The van der Waals surface area contributed by atoms with Crippen LogP contribution in [0.5, 0.6) is 0 Å². The lowest BCUT2D eigenvalue weighted by Crippen LogP contribution is -2.49. The highest BCUT2D eigenvalue weighted by atomic mass is 35.5. The Kier molecular flexibility index (Phi) is 7.86. The average Bonchev–Trinajstić information content (AvgIpc) is 2.83. The number of piperazine rings is 1. The molecule has 0 saturated carbocycles. The molecule has 0 aliphatic carbocycles. The zero-order chi connectivity index (χ0) is 24.2. The molecule has 2 aromatic carbocycles. The number of aromatic nitrogens is 2. The van der Waals surface area contributed by atoms with E-state index in [0.29, 0.717) is 52.6 Å². The summed E-state index contributed by atoms with van der Waals surface area (Å²) in [4.78, 5) is 37.1. The van der Waals surface area contributed by atoms with Gasteiger partial charge in [0.05, 0.1) is 16.5 Å². The predicted octanol–water partition coefficient (Wildman–Crippen LogP) is 5.13. The van der Waals surface area contributed by atoms with Gasteiger partial charge >= 0.3 is 0 Å². The van der Waals surface area contributed by atoms with Crippen molar-refractivity contribution < 1.29 is 4.79 Å². The van der Waals surface area contributed by atoms with E-state index >= 15 is 0 Å². The molecule has 0 bridgehead atoms. The number of H-pyrrole nitrogens is 1. The summed E-state index contributed by atoms with van der Waals surface area (Å²) in [6.07, 6.45) is 0.0418. The van der Waals surface area contributed by atoms with E-state index in [0.717, 1.165) is 11.3 Å². The minimum atomic E-state index is -0.252. The molecule has 1 N–H and O–H groups in total. The highest BCUT2D eigenvalue weighted by Gasteiger charge is 2.24. The van der Waals surface area contributed by atoms with Gasteiger partial charge in [-0.05, 0) is 37.6 Å². The first-order valence-corrected chi connectivity index (χ1v) is 12.7. The van der Waals surface area contributed by atoms with Crippen LogP contribution in [-0.4, -0.2) is 47.0 Å². The van der Waals surface area contributed by atoms with Gasteiger partial charge in [-0.15, -0.1) is 0 Å². The molecular formula is C25H26Cl2N4O2S. The number of hydrogen-bond acceptors (Lipinski definition) is 5. The first kappa shape index (κ1) is 24.6. The third-order valence-electron chi connectivity index (χ3n) is 5.99. The zero-order valence-corrected chi connectivity index (χ0v) is 21.4. The minimum absolute atomic E-state index is 0.0418. The van der Waals surface area contributed by atoms with Gasteiger partial charge < -0.3 is 14.8 Å². The van der Waals surface area contributed by atoms with Gasteiger partial charge in [0, 0.05) is 48.4 Å². The van der Waals surface area contributed by atoms with Crippen LogP contribution in [0.25, 0.3) is 0 Å². The normalized spacial score (nSPS) is 14.8. The number of carbonyl (C=O) groups excluding carboxylic acids is 1. The molecule has 9 heteroatoms. The molecule has 1 aliphatic rings. The standard InChI is InChI=1S/C25H26Cl2N4O2S/c1-16-20(24(33)29-25(28-16)34-17(2)18-6-4-3-5-7-18)15-23(32)31-12-10-30(11-13-31)19-8-9-21(26)22(27)14-19/h3-9,14,17H,10-13,15H2,1-2H3,(H,28,29,33). The molecule has 1 aromatic heterocycles. The number of nitrogens with one attached hydrogen (secondary N) is 1. The fraction of sp³-hybridized carbons (Fsp3) is 0.320. The fourth-order valence-electron chi connectivity index (χ4n) is 3.97. The predicted molar refractivity (Wildman–Crippen MR) is 139 cm³/mol. The summed E-state index contributed by atoms with van der Waals surface area (Å²) in [5, 5.41) is 1.74. The maximum atomic E-state index is 12.9. The van der Waals surface area contributed by atoms with E-state index in [2.05, 4.69) is 33.9 Å². The maximum absolute atomic E-state index is 12.9. The molecule has 1 amide bonds. The fourth-order valence-corrected chi connectivity index (χ4v) is 5.23. The lowest BCUT2D eigenvalue weighted by atomic mass is 10.1. The number of thioether (sulfide) groups is 1. The van der Waals surface area contributed by atoms with Gasteiger partial charge in [-0.3, -0.25) is 9.59 Å². The van der Waals surface area contributed by atoms with E-state index < -0.39 is 0 Å². The van der Waals surface area contributed by atoms with Crippen LogP contribution in [0.1, 0.15) is 29.0 Å². The van der Waals surface area contributed by atoms with Gasteiger partial charge in [-0.2, -0.15) is 0 Å². The van der Waals surface area contributed by atoms with Gasteiger partial charge in [0.15, 0.2) is 5.16 Å². The molecule has 3 aromatic rings. The number of anilines is 1. The summed E-state index contributed by atoms with van der Waals surface area (Å²) >= 11 is 13.6. The summed E-state index contributed by atoms with van der Waals surface area (Å²) in [6.45, 7) is 6.38. The molecule has 6 nitrogen and oxygen atoms in total. The van der Waals surface area contributed by atoms with Crippen LogP contribution < -0.4 is 10.5 Å². The minimum Gasteiger partial charge on any atom is -0.368 e. The van der Waals surface area contributed by atoms with Crippen LogP contribution in [0.3, 0.4) is 0 Å². The molecule has 1 aliphatic heterocycles. The molecule has 0 radical (unpaired) electrons. The summed E-state index contributed by atoms with van der Waals surface area (Å²) in [5.74, 6) is -0.0674. The van der Waals surface area contributed by atoms with Gasteiger partial charge in [-0.25, -0.2) is 4.98 Å². The van der Waals surface area contributed by atoms with Gasteiger partial charge in [0.25, 0.3) is 5.56 Å². The molecule has 1 atom stereocenters. The van der Waals surface area contributed by atoms with E-state index in [1.165, 1.54) is 11.8 Å². The molecular weight excluding hydrogens is 491 g/mol. The van der Waals surface area contributed by atoms with Crippen molar-refractivity contribution in [1.82, 2.24) is 14.9 Å². The Bertz CT molecular complexity index is 1230. The molecule has 1 saturated heterocycles. The molecule has 2 heterocycles. The lowest BCUT2D eigenvalue weighted by molar-refractivity contribution is -0.130. The van der Waals surface area contributed by atoms with Crippen molar-refractivity contribution in [3.05, 3.63) is 85.8 Å². The first-order valence-electron chi connectivity index (χ1n) is 11.1. The molecule has 0 spiro atoms. The number of benzene rings is 2. The summed E-state index contributed by atoms with van der Waals surface area (Å²) in [7, 11) is 0. The Morgan fingerprint density at radius 2 is 1.79 bits per heavy atom. The zero-order valence-electron chi connectivity index (χ0n) is 19.1. The number of amides is 1. The largest absolute Gasteiger partial charge is 0.368 e. The Hall–Kier alpha value is -2.48. The number of halogens is 2. The lowest BCUT2D eigenvalue weighted by Gasteiger charge is -2.36. The second-order valence-electron chi connectivity index (χ2n) is 8.25. The summed E-state index contributed by atoms with van der Waals surface area (Å²) < 4.78 is 0. The molecule has 178 valence electrons. The van der Waals surface area contributed by atoms with Crippen molar-refractivity contribution in [3.63, 3.8) is 0 Å². The number of aromatic amines is 1. The molecule has 4 rings (SSSR count). The van der Waals surface area contributed by atoms with Crippen molar-refractivity contribution >= 4 is 46.6 Å². The van der Waals surface area contributed by atoms with Crippen LogP contribution in [0.15, 0.2) is 58.5 Å². The van der Waals surface area contributed by atoms with Gasteiger partial charge in [0.1, 0.15) is 0 Å². The number of nitrogens with zero attached hydrogens (tertiary/aromatic N) is 3. The van der Waals surface area contributed by atoms with Crippen molar-refractivity contribution in [3.8, 4) is 0 Å².